The van der Waals surface area contributed by atoms with E-state index < -0.39 is 6.04 Å². The van der Waals surface area contributed by atoms with Gasteiger partial charge in [0.2, 0.25) is 5.91 Å². The molecule has 1 fully saturated rings. The first-order chi connectivity index (χ1) is 15.2. The molecule has 8 heteroatoms. The summed E-state index contributed by atoms with van der Waals surface area (Å²) < 4.78 is 3.83. The fraction of sp³-hybridized carbons (Fsp3) is 0.348. The Hall–Kier alpha value is -3.13. The van der Waals surface area contributed by atoms with Crippen molar-refractivity contribution in [2.45, 2.75) is 50.7 Å². The van der Waals surface area contributed by atoms with E-state index in [4.69, 9.17) is 0 Å². The van der Waals surface area contributed by atoms with Crippen LogP contribution >= 0.6 is 11.5 Å². The molecule has 0 spiro atoms. The van der Waals surface area contributed by atoms with Gasteiger partial charge in [0.25, 0.3) is 5.91 Å². The third kappa shape index (κ3) is 5.32. The Morgan fingerprint density at radius 3 is 2.58 bits per heavy atom. The van der Waals surface area contributed by atoms with Crippen molar-refractivity contribution in [2.75, 3.05) is 0 Å². The number of nitrogens with one attached hydrogen (secondary N) is 1. The number of aromatic nitrogens is 3. The van der Waals surface area contributed by atoms with Crippen molar-refractivity contribution in [3.8, 4) is 0 Å². The number of carbonyl (C=O) groups is 2. The zero-order chi connectivity index (χ0) is 21.5. The maximum absolute atomic E-state index is 13.6. The van der Waals surface area contributed by atoms with Crippen LogP contribution in [0, 0.1) is 0 Å². The van der Waals surface area contributed by atoms with E-state index in [0.717, 1.165) is 48.3 Å². The second-order valence-corrected chi connectivity index (χ2v) is 8.35. The van der Waals surface area contributed by atoms with Gasteiger partial charge in [0.1, 0.15) is 6.04 Å². The molecular formula is C23H25N5O2S. The Kier molecular flexibility index (Phi) is 6.99. The highest BCUT2D eigenvalue weighted by molar-refractivity contribution is 7.03. The van der Waals surface area contributed by atoms with Crippen molar-refractivity contribution in [3.63, 3.8) is 0 Å². The molecule has 31 heavy (non-hydrogen) atoms. The monoisotopic (exact) mass is 435 g/mol. The smallest absolute Gasteiger partial charge is 0.276 e. The van der Waals surface area contributed by atoms with Crippen LogP contribution in [-0.4, -0.2) is 37.3 Å². The van der Waals surface area contributed by atoms with Crippen LogP contribution in [0.4, 0.5) is 0 Å². The standard InChI is InChI=1S/C23H25N5O2S/c29-22(25-19-11-5-2-6-12-19)21(18-9-3-1-4-10-18)28(15-17-8-7-13-24-14-17)23(30)20-16-31-27-26-20/h1,3-4,7-10,13-14,16,19,21H,2,5-6,11-12,15H2,(H,25,29)/t21-/m0/s1. The van der Waals surface area contributed by atoms with E-state index in [1.807, 2.05) is 42.5 Å². The number of pyridine rings is 1. The number of hydrogen-bond donors (Lipinski definition) is 1. The van der Waals surface area contributed by atoms with Crippen molar-refractivity contribution in [1.82, 2.24) is 24.8 Å². The van der Waals surface area contributed by atoms with Crippen LogP contribution in [0.15, 0.2) is 60.2 Å². The van der Waals surface area contributed by atoms with Gasteiger partial charge in [-0.2, -0.15) is 0 Å². The van der Waals surface area contributed by atoms with Crippen molar-refractivity contribution < 1.29 is 9.59 Å². The molecule has 2 heterocycles. The van der Waals surface area contributed by atoms with Crippen molar-refractivity contribution >= 4 is 23.3 Å². The van der Waals surface area contributed by atoms with Gasteiger partial charge >= 0.3 is 0 Å². The number of carbonyl (C=O) groups excluding carboxylic acids is 2. The average molecular weight is 436 g/mol. The summed E-state index contributed by atoms with van der Waals surface area (Å²) >= 11 is 1.11. The number of rotatable bonds is 7. The van der Waals surface area contributed by atoms with E-state index in [-0.39, 0.29) is 30.1 Å². The lowest BCUT2D eigenvalue weighted by atomic mass is 9.94. The van der Waals surface area contributed by atoms with Crippen molar-refractivity contribution in [1.29, 1.82) is 0 Å². The normalized spacial score (nSPS) is 15.2. The molecule has 1 N–H and O–H groups in total. The van der Waals surface area contributed by atoms with Gasteiger partial charge in [0, 0.05) is 30.4 Å². The van der Waals surface area contributed by atoms with E-state index in [9.17, 15) is 9.59 Å². The lowest BCUT2D eigenvalue weighted by molar-refractivity contribution is -0.127. The first kappa shape index (κ1) is 21.1. The molecule has 4 rings (SSSR count). The largest absolute Gasteiger partial charge is 0.351 e. The molecule has 1 atom stereocenters. The summed E-state index contributed by atoms with van der Waals surface area (Å²) in [6.07, 6.45) is 8.77. The molecule has 7 nitrogen and oxygen atoms in total. The highest BCUT2D eigenvalue weighted by Gasteiger charge is 2.34. The minimum Gasteiger partial charge on any atom is -0.351 e. The number of nitrogens with zero attached hydrogens (tertiary/aromatic N) is 4. The van der Waals surface area contributed by atoms with Crippen LogP contribution < -0.4 is 5.32 Å². The molecule has 2 aromatic heterocycles. The van der Waals surface area contributed by atoms with Gasteiger partial charge in [0.05, 0.1) is 0 Å². The minimum absolute atomic E-state index is 0.142. The zero-order valence-corrected chi connectivity index (χ0v) is 18.0. The van der Waals surface area contributed by atoms with Gasteiger partial charge in [0.15, 0.2) is 5.69 Å². The van der Waals surface area contributed by atoms with Crippen LogP contribution in [0.5, 0.6) is 0 Å². The summed E-state index contributed by atoms with van der Waals surface area (Å²) in [6, 6.07) is 12.5. The molecular weight excluding hydrogens is 410 g/mol. The molecule has 0 aliphatic heterocycles. The molecule has 1 aliphatic carbocycles. The Bertz CT molecular complexity index is 976. The van der Waals surface area contributed by atoms with Crippen LogP contribution in [0.3, 0.4) is 0 Å². The molecule has 3 aromatic rings. The van der Waals surface area contributed by atoms with E-state index in [1.54, 1.807) is 22.7 Å². The van der Waals surface area contributed by atoms with Crippen LogP contribution in [0.2, 0.25) is 0 Å². The van der Waals surface area contributed by atoms with Gasteiger partial charge in [-0.15, -0.1) is 5.10 Å². The maximum Gasteiger partial charge on any atom is 0.276 e. The van der Waals surface area contributed by atoms with E-state index in [2.05, 4.69) is 19.9 Å². The fourth-order valence-corrected chi connectivity index (χ4v) is 4.44. The van der Waals surface area contributed by atoms with Crippen molar-refractivity contribution in [2.24, 2.45) is 0 Å². The summed E-state index contributed by atoms with van der Waals surface area (Å²) in [6.45, 7) is 0.238. The Balaban J connectivity index is 1.69. The molecule has 1 saturated carbocycles. The maximum atomic E-state index is 13.6. The number of hydrogen-bond acceptors (Lipinski definition) is 6. The Morgan fingerprint density at radius 2 is 1.90 bits per heavy atom. The second kappa shape index (κ2) is 10.3. The molecule has 0 saturated heterocycles. The lowest BCUT2D eigenvalue weighted by Gasteiger charge is -2.33. The summed E-state index contributed by atoms with van der Waals surface area (Å²) in [7, 11) is 0. The second-order valence-electron chi connectivity index (χ2n) is 7.74. The summed E-state index contributed by atoms with van der Waals surface area (Å²) in [5.74, 6) is -0.497. The highest BCUT2D eigenvalue weighted by Crippen LogP contribution is 2.27. The van der Waals surface area contributed by atoms with Gasteiger partial charge in [-0.1, -0.05) is 60.1 Å². The van der Waals surface area contributed by atoms with E-state index in [1.165, 1.54) is 6.42 Å². The van der Waals surface area contributed by atoms with Gasteiger partial charge < -0.3 is 10.2 Å². The first-order valence-corrected chi connectivity index (χ1v) is 11.4. The molecule has 0 radical (unpaired) electrons. The Morgan fingerprint density at radius 1 is 1.10 bits per heavy atom. The average Bonchev–Trinajstić information content (AvgIpc) is 3.35. The summed E-state index contributed by atoms with van der Waals surface area (Å²) in [4.78, 5) is 32.8. The third-order valence-corrected chi connectivity index (χ3v) is 6.05. The van der Waals surface area contributed by atoms with Gasteiger partial charge in [-0.25, -0.2) is 0 Å². The molecule has 0 unspecified atom stereocenters. The molecule has 0 bridgehead atoms. The SMILES string of the molecule is O=C(NC1CCCCC1)[C@H](c1ccccc1)N(Cc1cccnc1)C(=O)c1csnn1. The molecule has 1 aliphatic rings. The lowest BCUT2D eigenvalue weighted by Crippen LogP contribution is -2.47. The zero-order valence-electron chi connectivity index (χ0n) is 17.2. The topological polar surface area (TPSA) is 88.1 Å². The predicted octanol–water partition coefficient (Wildman–Crippen LogP) is 3.77. The van der Waals surface area contributed by atoms with Crippen molar-refractivity contribution in [3.05, 3.63) is 77.1 Å². The minimum atomic E-state index is -0.780. The van der Waals surface area contributed by atoms with Crippen LogP contribution in [-0.2, 0) is 11.3 Å². The van der Waals surface area contributed by atoms with E-state index >= 15 is 0 Å². The van der Waals surface area contributed by atoms with Gasteiger partial charge in [-0.3, -0.25) is 14.6 Å². The molecule has 1 aromatic carbocycles. The molecule has 160 valence electrons. The van der Waals surface area contributed by atoms with Gasteiger partial charge in [-0.05, 0) is 41.6 Å². The van der Waals surface area contributed by atoms with Crippen LogP contribution in [0.25, 0.3) is 0 Å². The number of benzene rings is 1. The van der Waals surface area contributed by atoms with E-state index in [0.29, 0.717) is 0 Å². The highest BCUT2D eigenvalue weighted by atomic mass is 32.1. The summed E-state index contributed by atoms with van der Waals surface area (Å²) in [5, 5.41) is 8.77. The Labute approximate surface area is 185 Å². The molecule has 2 amide bonds. The third-order valence-electron chi connectivity index (χ3n) is 5.54. The summed E-state index contributed by atoms with van der Waals surface area (Å²) in [5.41, 5.74) is 1.84. The number of amides is 2. The first-order valence-electron chi connectivity index (χ1n) is 10.5. The fourth-order valence-electron chi connectivity index (χ4n) is 4.01. The quantitative estimate of drug-likeness (QED) is 0.610. The predicted molar refractivity (Wildman–Crippen MR) is 118 cm³/mol. The van der Waals surface area contributed by atoms with Crippen LogP contribution in [0.1, 0.15) is 59.8 Å².